The largest absolute Gasteiger partial charge is 0.315 e. The number of hydrogen-bond donors (Lipinski definition) is 0. The van der Waals surface area contributed by atoms with E-state index in [2.05, 4.69) is 203 Å². The van der Waals surface area contributed by atoms with Gasteiger partial charge >= 0.3 is 0 Å². The third-order valence-corrected chi connectivity index (χ3v) is 12.1. The quantitative estimate of drug-likeness (QED) is 0.170. The summed E-state index contributed by atoms with van der Waals surface area (Å²) in [5.74, 6) is 0. The number of para-hydroxylation sites is 2. The first kappa shape index (κ1) is 30.0. The van der Waals surface area contributed by atoms with Crippen LogP contribution in [-0.4, -0.2) is 9.13 Å². The predicted octanol–water partition coefficient (Wildman–Crippen LogP) is 14.1. The summed E-state index contributed by atoms with van der Waals surface area (Å²) in [5, 5.41) is 6.36. The van der Waals surface area contributed by atoms with Crippen molar-refractivity contribution in [1.82, 2.24) is 9.13 Å². The van der Waals surface area contributed by atoms with Crippen molar-refractivity contribution in [2.75, 3.05) is 0 Å². The summed E-state index contributed by atoms with van der Waals surface area (Å²) in [6, 6.07) is 68.5. The zero-order valence-corrected chi connectivity index (χ0v) is 29.6. The summed E-state index contributed by atoms with van der Waals surface area (Å²) in [7, 11) is 0. The monoisotopic (exact) mass is 692 g/mol. The molecule has 0 saturated heterocycles. The number of thiophene rings is 1. The van der Waals surface area contributed by atoms with Gasteiger partial charge in [-0.2, -0.15) is 0 Å². The summed E-state index contributed by atoms with van der Waals surface area (Å²) in [4.78, 5) is 0. The molecule has 3 heteroatoms. The van der Waals surface area contributed by atoms with E-state index in [1.807, 2.05) is 11.3 Å². The lowest BCUT2D eigenvalue weighted by atomic mass is 9.98. The fourth-order valence-corrected chi connectivity index (χ4v) is 9.65. The highest BCUT2D eigenvalue weighted by atomic mass is 32.1. The van der Waals surface area contributed by atoms with Gasteiger partial charge in [-0.15, -0.1) is 11.3 Å². The molecule has 0 amide bonds. The van der Waals surface area contributed by atoms with Crippen LogP contribution >= 0.6 is 11.3 Å². The standard InChI is InChI=1S/C50H32N2S/c1-3-11-33(12-4-1)34-21-23-35(24-22-34)40-16-9-18-44-45-19-10-17-41(50(45)53-49(40)44)36-25-28-39(29-26-36)52-46-20-8-7-15-42(46)43-30-27-37-31-32-51(47(37)48(43)52)38-13-5-2-6-14-38/h1-32H. The molecule has 0 saturated carbocycles. The number of benzene rings is 8. The van der Waals surface area contributed by atoms with Crippen molar-refractivity contribution < 1.29 is 0 Å². The minimum atomic E-state index is 1.15. The smallest absolute Gasteiger partial charge is 0.0788 e. The Kier molecular flexibility index (Phi) is 6.76. The number of nitrogens with zero attached hydrogens (tertiary/aromatic N) is 2. The van der Waals surface area contributed by atoms with Crippen molar-refractivity contribution in [2.24, 2.45) is 0 Å². The molecule has 2 nitrogen and oxygen atoms in total. The van der Waals surface area contributed by atoms with Crippen molar-refractivity contribution in [3.63, 3.8) is 0 Å². The van der Waals surface area contributed by atoms with Gasteiger partial charge in [0.05, 0.1) is 16.6 Å². The van der Waals surface area contributed by atoms with E-state index in [0.717, 1.165) is 11.4 Å². The van der Waals surface area contributed by atoms with Gasteiger partial charge < -0.3 is 9.13 Å². The lowest BCUT2D eigenvalue weighted by Crippen LogP contribution is -1.98. The molecule has 11 rings (SSSR count). The van der Waals surface area contributed by atoms with Gasteiger partial charge in [-0.3, -0.25) is 0 Å². The molecule has 0 aliphatic rings. The van der Waals surface area contributed by atoms with Crippen molar-refractivity contribution in [3.05, 3.63) is 194 Å². The van der Waals surface area contributed by atoms with Gasteiger partial charge in [0.25, 0.3) is 0 Å². The summed E-state index contributed by atoms with van der Waals surface area (Å²) >= 11 is 1.90. The molecule has 0 spiro atoms. The zero-order chi connectivity index (χ0) is 34.9. The molecule has 0 aliphatic heterocycles. The molecular weight excluding hydrogens is 661 g/mol. The Hall–Kier alpha value is -6.68. The van der Waals surface area contributed by atoms with Gasteiger partial charge in [0.2, 0.25) is 0 Å². The first-order chi connectivity index (χ1) is 26.3. The van der Waals surface area contributed by atoms with Gasteiger partial charge in [0.1, 0.15) is 0 Å². The Morgan fingerprint density at radius 1 is 0.340 bits per heavy atom. The van der Waals surface area contributed by atoms with E-state index >= 15 is 0 Å². The highest BCUT2D eigenvalue weighted by molar-refractivity contribution is 7.26. The van der Waals surface area contributed by atoms with Gasteiger partial charge in [-0.25, -0.2) is 0 Å². The lowest BCUT2D eigenvalue weighted by Gasteiger charge is -2.12. The molecule has 53 heavy (non-hydrogen) atoms. The van der Waals surface area contributed by atoms with E-state index in [-0.39, 0.29) is 0 Å². The fourth-order valence-electron chi connectivity index (χ4n) is 8.28. The maximum Gasteiger partial charge on any atom is 0.0788 e. The first-order valence-electron chi connectivity index (χ1n) is 18.1. The van der Waals surface area contributed by atoms with E-state index < -0.39 is 0 Å². The van der Waals surface area contributed by atoms with E-state index in [9.17, 15) is 0 Å². The van der Waals surface area contributed by atoms with E-state index in [1.54, 1.807) is 0 Å². The van der Waals surface area contributed by atoms with Crippen LogP contribution in [0.5, 0.6) is 0 Å². The Bertz CT molecular complexity index is 3130. The first-order valence-corrected chi connectivity index (χ1v) is 18.9. The maximum atomic E-state index is 2.45. The average Bonchev–Trinajstić information content (AvgIpc) is 3.94. The normalized spacial score (nSPS) is 11.8. The van der Waals surface area contributed by atoms with Crippen LogP contribution in [0.1, 0.15) is 0 Å². The zero-order valence-electron chi connectivity index (χ0n) is 28.8. The summed E-state index contributed by atoms with van der Waals surface area (Å²) < 4.78 is 7.43. The molecule has 0 N–H and O–H groups in total. The van der Waals surface area contributed by atoms with E-state index in [0.29, 0.717) is 0 Å². The molecule has 0 aliphatic carbocycles. The van der Waals surface area contributed by atoms with Crippen LogP contribution < -0.4 is 0 Å². The molecule has 3 aromatic heterocycles. The second-order valence-corrected chi connectivity index (χ2v) is 14.8. The van der Waals surface area contributed by atoms with Crippen molar-refractivity contribution in [1.29, 1.82) is 0 Å². The average molecular weight is 693 g/mol. The number of aromatic nitrogens is 2. The van der Waals surface area contributed by atoms with Gasteiger partial charge in [0.15, 0.2) is 0 Å². The van der Waals surface area contributed by atoms with Gasteiger partial charge in [-0.05, 0) is 69.8 Å². The molecule has 8 aromatic carbocycles. The molecule has 11 aromatic rings. The van der Waals surface area contributed by atoms with Crippen LogP contribution in [0.3, 0.4) is 0 Å². The molecule has 0 fully saturated rings. The third-order valence-electron chi connectivity index (χ3n) is 10.8. The van der Waals surface area contributed by atoms with Crippen molar-refractivity contribution in [3.8, 4) is 44.8 Å². The van der Waals surface area contributed by atoms with Crippen LogP contribution in [0, 0.1) is 0 Å². The maximum absolute atomic E-state index is 2.45. The van der Waals surface area contributed by atoms with Crippen molar-refractivity contribution >= 4 is 64.2 Å². The predicted molar refractivity (Wildman–Crippen MR) is 227 cm³/mol. The molecule has 0 radical (unpaired) electrons. The van der Waals surface area contributed by atoms with Crippen molar-refractivity contribution in [2.45, 2.75) is 0 Å². The Morgan fingerprint density at radius 2 is 0.906 bits per heavy atom. The molecule has 3 heterocycles. The molecule has 0 bridgehead atoms. The Morgan fingerprint density at radius 3 is 1.60 bits per heavy atom. The number of fused-ring (bicyclic) bond motifs is 8. The SMILES string of the molecule is c1ccc(-c2ccc(-c3cccc4c3sc3c(-c5ccc(-n6c7ccccc7c7ccc8ccn(-c9ccccc9)c8c76)cc5)cccc34)cc2)cc1. The van der Waals surface area contributed by atoms with Crippen LogP contribution in [0.4, 0.5) is 0 Å². The summed E-state index contributed by atoms with van der Waals surface area (Å²) in [6.45, 7) is 0. The number of hydrogen-bond acceptors (Lipinski definition) is 1. The van der Waals surface area contributed by atoms with Crippen LogP contribution in [0.15, 0.2) is 194 Å². The highest BCUT2D eigenvalue weighted by Gasteiger charge is 2.19. The summed E-state index contributed by atoms with van der Waals surface area (Å²) in [6.07, 6.45) is 2.20. The minimum absolute atomic E-state index is 1.15. The van der Waals surface area contributed by atoms with Gasteiger partial charge in [-0.1, -0.05) is 152 Å². The molecule has 0 atom stereocenters. The van der Waals surface area contributed by atoms with E-state index in [1.165, 1.54) is 86.3 Å². The van der Waals surface area contributed by atoms with Crippen LogP contribution in [0.2, 0.25) is 0 Å². The Labute approximate surface area is 311 Å². The molecule has 248 valence electrons. The van der Waals surface area contributed by atoms with Gasteiger partial charge in [0, 0.05) is 53.9 Å². The second-order valence-electron chi connectivity index (χ2n) is 13.7. The minimum Gasteiger partial charge on any atom is -0.315 e. The highest BCUT2D eigenvalue weighted by Crippen LogP contribution is 2.44. The van der Waals surface area contributed by atoms with E-state index in [4.69, 9.17) is 0 Å². The second kappa shape index (κ2) is 11.9. The van der Waals surface area contributed by atoms with Crippen LogP contribution in [0.25, 0.3) is 97.6 Å². The summed E-state index contributed by atoms with van der Waals surface area (Å²) in [5.41, 5.74) is 13.4. The fraction of sp³-hybridized carbons (Fsp3) is 0. The Balaban J connectivity index is 1.04. The number of rotatable bonds is 5. The molecular formula is C50H32N2S. The lowest BCUT2D eigenvalue weighted by molar-refractivity contribution is 1.12. The topological polar surface area (TPSA) is 9.86 Å². The molecule has 0 unspecified atom stereocenters. The van der Waals surface area contributed by atoms with Crippen LogP contribution in [-0.2, 0) is 0 Å². The third kappa shape index (κ3) is 4.71.